The Morgan fingerprint density at radius 1 is 1.09 bits per heavy atom. The summed E-state index contributed by atoms with van der Waals surface area (Å²) < 4.78 is 0. The van der Waals surface area contributed by atoms with Crippen molar-refractivity contribution in [2.45, 2.75) is 19.9 Å². The summed E-state index contributed by atoms with van der Waals surface area (Å²) in [6.45, 7) is 2.60. The van der Waals surface area contributed by atoms with Crippen molar-refractivity contribution in [1.29, 1.82) is 0 Å². The number of aromatic nitrogens is 2. The van der Waals surface area contributed by atoms with E-state index in [9.17, 15) is 4.79 Å². The first-order valence-corrected chi connectivity index (χ1v) is 8.36. The molecule has 0 radical (unpaired) electrons. The molecule has 23 heavy (non-hydrogen) atoms. The minimum Gasteiger partial charge on any atom is -0.347 e. The van der Waals surface area contributed by atoms with Gasteiger partial charge in [-0.3, -0.25) is 9.78 Å². The highest BCUT2D eigenvalue weighted by Crippen LogP contribution is 2.24. The van der Waals surface area contributed by atoms with Crippen molar-refractivity contribution < 1.29 is 4.79 Å². The molecule has 3 rings (SSSR count). The summed E-state index contributed by atoms with van der Waals surface area (Å²) in [5.41, 5.74) is 3.80. The van der Waals surface area contributed by atoms with Crippen LogP contribution < -0.4 is 5.32 Å². The molecule has 4 nitrogen and oxygen atoms in total. The fraction of sp³-hybridized carbons (Fsp3) is 0.167. The second kappa shape index (κ2) is 7.15. The smallest absolute Gasteiger partial charge is 0.271 e. The minimum atomic E-state index is -0.158. The second-order valence-electron chi connectivity index (χ2n) is 5.13. The molecule has 2 heterocycles. The minimum absolute atomic E-state index is 0.158. The van der Waals surface area contributed by atoms with Crippen LogP contribution in [0.2, 0.25) is 0 Å². The number of nitrogens with one attached hydrogen (secondary N) is 1. The Kier molecular flexibility index (Phi) is 4.78. The van der Waals surface area contributed by atoms with Gasteiger partial charge in [0, 0.05) is 29.9 Å². The molecule has 0 fully saturated rings. The molecule has 1 amide bonds. The quantitative estimate of drug-likeness (QED) is 0.779. The van der Waals surface area contributed by atoms with E-state index in [1.807, 2.05) is 12.1 Å². The van der Waals surface area contributed by atoms with E-state index in [2.05, 4.69) is 46.5 Å². The summed E-state index contributed by atoms with van der Waals surface area (Å²) in [6.07, 6.45) is 4.44. The van der Waals surface area contributed by atoms with Gasteiger partial charge in [-0.25, -0.2) is 4.98 Å². The number of carbonyl (C=O) groups excluding carboxylic acids is 1. The lowest BCUT2D eigenvalue weighted by Gasteiger charge is -2.02. The van der Waals surface area contributed by atoms with Crippen LogP contribution in [0, 0.1) is 0 Å². The number of pyridine rings is 1. The van der Waals surface area contributed by atoms with Crippen molar-refractivity contribution >= 4 is 17.2 Å². The first-order chi connectivity index (χ1) is 11.3. The lowest BCUT2D eigenvalue weighted by Crippen LogP contribution is -2.23. The molecular weight excluding hydrogens is 306 g/mol. The van der Waals surface area contributed by atoms with Crippen molar-refractivity contribution in [3.63, 3.8) is 0 Å². The van der Waals surface area contributed by atoms with Crippen LogP contribution in [-0.4, -0.2) is 15.9 Å². The van der Waals surface area contributed by atoms with Crippen LogP contribution in [0.15, 0.2) is 54.2 Å². The van der Waals surface area contributed by atoms with Gasteiger partial charge in [-0.1, -0.05) is 31.2 Å². The molecule has 0 unspecified atom stereocenters. The molecule has 1 aromatic carbocycles. The maximum atomic E-state index is 12.2. The standard InChI is InChI=1S/C18H17N3OS/c1-2-13-3-5-15(6-4-13)18-21-16(12-23-18)17(22)20-11-14-7-9-19-10-8-14/h3-10,12H,2,11H2,1H3,(H,20,22). The first kappa shape index (κ1) is 15.4. The van der Waals surface area contributed by atoms with Gasteiger partial charge in [0.1, 0.15) is 10.7 Å². The maximum Gasteiger partial charge on any atom is 0.271 e. The summed E-state index contributed by atoms with van der Waals surface area (Å²) in [5.74, 6) is -0.158. The van der Waals surface area contributed by atoms with E-state index in [4.69, 9.17) is 0 Å². The van der Waals surface area contributed by atoms with Crippen LogP contribution in [0.4, 0.5) is 0 Å². The number of hydrogen-bond donors (Lipinski definition) is 1. The molecule has 0 saturated carbocycles. The first-order valence-electron chi connectivity index (χ1n) is 7.48. The van der Waals surface area contributed by atoms with Gasteiger partial charge in [0.2, 0.25) is 0 Å². The van der Waals surface area contributed by atoms with E-state index in [0.717, 1.165) is 22.6 Å². The highest BCUT2D eigenvalue weighted by molar-refractivity contribution is 7.13. The van der Waals surface area contributed by atoms with Crippen molar-refractivity contribution in [2.24, 2.45) is 0 Å². The molecule has 3 aromatic rings. The molecule has 0 spiro atoms. The maximum absolute atomic E-state index is 12.2. The van der Waals surface area contributed by atoms with E-state index in [-0.39, 0.29) is 5.91 Å². The zero-order valence-corrected chi connectivity index (χ0v) is 13.6. The molecule has 0 aliphatic carbocycles. The number of aryl methyl sites for hydroxylation is 1. The van der Waals surface area contributed by atoms with Gasteiger partial charge in [0.15, 0.2) is 0 Å². The third kappa shape index (κ3) is 3.81. The molecular formula is C18H17N3OS. The van der Waals surface area contributed by atoms with Crippen LogP contribution in [0.3, 0.4) is 0 Å². The van der Waals surface area contributed by atoms with Gasteiger partial charge in [-0.15, -0.1) is 11.3 Å². The number of amides is 1. The Morgan fingerprint density at radius 2 is 1.83 bits per heavy atom. The molecule has 0 bridgehead atoms. The molecule has 0 saturated heterocycles. The summed E-state index contributed by atoms with van der Waals surface area (Å²) in [7, 11) is 0. The Bertz CT molecular complexity index is 782. The third-order valence-corrected chi connectivity index (χ3v) is 4.44. The fourth-order valence-corrected chi connectivity index (χ4v) is 2.97. The third-order valence-electron chi connectivity index (χ3n) is 3.55. The van der Waals surface area contributed by atoms with E-state index < -0.39 is 0 Å². The molecule has 116 valence electrons. The van der Waals surface area contributed by atoms with Crippen LogP contribution in [0.25, 0.3) is 10.6 Å². The largest absolute Gasteiger partial charge is 0.347 e. The lowest BCUT2D eigenvalue weighted by atomic mass is 10.1. The van der Waals surface area contributed by atoms with Crippen molar-refractivity contribution in [3.05, 3.63) is 71.0 Å². The average Bonchev–Trinajstić information content (AvgIpc) is 3.11. The monoisotopic (exact) mass is 323 g/mol. The Labute approximate surface area is 139 Å². The molecule has 0 atom stereocenters. The summed E-state index contributed by atoms with van der Waals surface area (Å²) in [5, 5.41) is 5.54. The number of benzene rings is 1. The van der Waals surface area contributed by atoms with Gasteiger partial charge < -0.3 is 5.32 Å². The average molecular weight is 323 g/mol. The predicted octanol–water partition coefficient (Wildman–Crippen LogP) is 3.70. The topological polar surface area (TPSA) is 54.9 Å². The van der Waals surface area contributed by atoms with E-state index in [1.54, 1.807) is 17.8 Å². The van der Waals surface area contributed by atoms with Crippen molar-refractivity contribution in [1.82, 2.24) is 15.3 Å². The number of thiazole rings is 1. The SMILES string of the molecule is CCc1ccc(-c2nc(C(=O)NCc3ccncc3)cs2)cc1. The van der Waals surface area contributed by atoms with Crippen molar-refractivity contribution in [2.75, 3.05) is 0 Å². The number of rotatable bonds is 5. The zero-order valence-electron chi connectivity index (χ0n) is 12.8. The highest BCUT2D eigenvalue weighted by Gasteiger charge is 2.11. The summed E-state index contributed by atoms with van der Waals surface area (Å²) in [6, 6.07) is 12.1. The molecule has 5 heteroatoms. The lowest BCUT2D eigenvalue weighted by molar-refractivity contribution is 0.0946. The van der Waals surface area contributed by atoms with Gasteiger partial charge in [-0.05, 0) is 29.7 Å². The molecule has 0 aliphatic heterocycles. The summed E-state index contributed by atoms with van der Waals surface area (Å²) >= 11 is 1.48. The van der Waals surface area contributed by atoms with Gasteiger partial charge >= 0.3 is 0 Å². The normalized spacial score (nSPS) is 10.5. The van der Waals surface area contributed by atoms with E-state index in [0.29, 0.717) is 12.2 Å². The molecule has 1 N–H and O–H groups in total. The van der Waals surface area contributed by atoms with Crippen LogP contribution in [-0.2, 0) is 13.0 Å². The fourth-order valence-electron chi connectivity index (χ4n) is 2.17. The predicted molar refractivity (Wildman–Crippen MR) is 92.3 cm³/mol. The zero-order chi connectivity index (χ0) is 16.1. The Morgan fingerprint density at radius 3 is 2.52 bits per heavy atom. The van der Waals surface area contributed by atoms with E-state index >= 15 is 0 Å². The number of hydrogen-bond acceptors (Lipinski definition) is 4. The van der Waals surface area contributed by atoms with Crippen LogP contribution in [0.1, 0.15) is 28.5 Å². The second-order valence-corrected chi connectivity index (χ2v) is 5.98. The van der Waals surface area contributed by atoms with Crippen molar-refractivity contribution in [3.8, 4) is 10.6 Å². The van der Waals surface area contributed by atoms with Gasteiger partial charge in [-0.2, -0.15) is 0 Å². The summed E-state index contributed by atoms with van der Waals surface area (Å²) in [4.78, 5) is 20.6. The van der Waals surface area contributed by atoms with E-state index in [1.165, 1.54) is 16.9 Å². The number of carbonyl (C=O) groups is 1. The highest BCUT2D eigenvalue weighted by atomic mass is 32.1. The number of nitrogens with zero attached hydrogens (tertiary/aromatic N) is 2. The molecule has 0 aliphatic rings. The van der Waals surface area contributed by atoms with Gasteiger partial charge in [0.05, 0.1) is 0 Å². The Hall–Kier alpha value is -2.53. The Balaban J connectivity index is 1.67. The van der Waals surface area contributed by atoms with Gasteiger partial charge in [0.25, 0.3) is 5.91 Å². The van der Waals surface area contributed by atoms with Crippen LogP contribution >= 0.6 is 11.3 Å². The van der Waals surface area contributed by atoms with Crippen LogP contribution in [0.5, 0.6) is 0 Å². The molecule has 2 aromatic heterocycles.